The van der Waals surface area contributed by atoms with Gasteiger partial charge in [-0.05, 0) is 68.4 Å². The molecule has 0 aliphatic carbocycles. The molecule has 0 radical (unpaired) electrons. The molecule has 49 heavy (non-hydrogen) atoms. The van der Waals surface area contributed by atoms with E-state index in [2.05, 4.69) is 135 Å². The van der Waals surface area contributed by atoms with Gasteiger partial charge in [0.2, 0.25) is 5.91 Å². The number of hydrogen-bond donors (Lipinski definition) is 3. The zero-order chi connectivity index (χ0) is 35.4. The summed E-state index contributed by atoms with van der Waals surface area (Å²) < 4.78 is 5.16. The smallest absolute Gasteiger partial charge is 0.407 e. The molecule has 4 aromatic carbocycles. The Labute approximate surface area is 297 Å². The van der Waals surface area contributed by atoms with Crippen LogP contribution in [0.4, 0.5) is 4.79 Å². The van der Waals surface area contributed by atoms with Gasteiger partial charge >= 0.3 is 6.09 Å². The Bertz CT molecular complexity index is 1530. The first-order valence-corrected chi connectivity index (χ1v) is 18.3. The van der Waals surface area contributed by atoms with Crippen LogP contribution in [-0.2, 0) is 20.8 Å². The first-order valence-electron chi connectivity index (χ1n) is 17.3. The van der Waals surface area contributed by atoms with Crippen molar-refractivity contribution in [1.82, 2.24) is 16.0 Å². The number of aryl methyl sites for hydroxylation is 2. The third-order valence-electron chi connectivity index (χ3n) is 8.79. The molecule has 0 spiro atoms. The number of nitrogens with one attached hydrogen (secondary N) is 3. The lowest BCUT2D eigenvalue weighted by Gasteiger charge is -2.37. The van der Waals surface area contributed by atoms with E-state index in [4.69, 9.17) is 4.74 Å². The highest BCUT2D eigenvalue weighted by Crippen LogP contribution is 2.48. The fraction of sp³-hybridized carbons (Fsp3) is 0.381. The highest BCUT2D eigenvalue weighted by atomic mass is 32.2. The van der Waals surface area contributed by atoms with Crippen LogP contribution in [0.3, 0.4) is 0 Å². The third-order valence-corrected chi connectivity index (χ3v) is 10.5. The van der Waals surface area contributed by atoms with Gasteiger partial charge in [0.05, 0.1) is 16.8 Å². The van der Waals surface area contributed by atoms with Crippen molar-refractivity contribution in [1.29, 1.82) is 0 Å². The number of thioether (sulfide) groups is 1. The molecule has 4 rings (SSSR count). The van der Waals surface area contributed by atoms with E-state index in [9.17, 15) is 9.59 Å². The molecule has 0 heterocycles. The predicted molar refractivity (Wildman–Crippen MR) is 204 cm³/mol. The van der Waals surface area contributed by atoms with Gasteiger partial charge in [0.25, 0.3) is 0 Å². The topological polar surface area (TPSA) is 79.5 Å². The van der Waals surface area contributed by atoms with Gasteiger partial charge in [0.1, 0.15) is 5.60 Å². The van der Waals surface area contributed by atoms with Crippen molar-refractivity contribution in [2.45, 2.75) is 83.9 Å². The van der Waals surface area contributed by atoms with Crippen LogP contribution in [0.25, 0.3) is 0 Å². The summed E-state index contributed by atoms with van der Waals surface area (Å²) in [7, 11) is 0. The molecular formula is C42H53N3O3S. The Morgan fingerprint density at radius 1 is 0.796 bits per heavy atom. The monoisotopic (exact) mass is 679 g/mol. The van der Waals surface area contributed by atoms with Crippen LogP contribution in [0.5, 0.6) is 0 Å². The molecule has 2 amide bonds. The summed E-state index contributed by atoms with van der Waals surface area (Å²) in [4.78, 5) is 26.9. The van der Waals surface area contributed by atoms with Crippen LogP contribution in [0.15, 0.2) is 109 Å². The molecule has 0 aromatic heterocycles. The van der Waals surface area contributed by atoms with Crippen LogP contribution in [0.2, 0.25) is 0 Å². The maximum atomic E-state index is 13.7. The molecule has 6 nitrogen and oxygen atoms in total. The normalized spacial score (nSPS) is 13.6. The van der Waals surface area contributed by atoms with Gasteiger partial charge in [-0.3, -0.25) is 4.79 Å². The Balaban J connectivity index is 1.63. The summed E-state index contributed by atoms with van der Waals surface area (Å²) in [6.07, 6.45) is 0.344. The maximum absolute atomic E-state index is 13.7. The molecule has 0 saturated carbocycles. The van der Waals surface area contributed by atoms with Gasteiger partial charge in [-0.15, -0.1) is 11.8 Å². The standard InChI is InChI=1S/C42H53N3O3S/c1-8-31(3)38(39(46)44-27-33-25-24-30(2)26-32(33)4)43-28-37(45-40(47)48-41(5,6)7)29-49-42(34-18-12-9-13-19-34,35-20-14-10-15-21-35)36-22-16-11-17-23-36/h9-26,31,37-38,43H,8,27-29H2,1-7H3,(H,44,46)(H,45,47)/t31-,37+,38-/m0/s1. The minimum absolute atomic E-state index is 0.0507. The highest BCUT2D eigenvalue weighted by molar-refractivity contribution is 8.00. The number of benzene rings is 4. The Morgan fingerprint density at radius 3 is 1.80 bits per heavy atom. The molecule has 0 unspecified atom stereocenters. The van der Waals surface area contributed by atoms with Crippen molar-refractivity contribution in [2.24, 2.45) is 5.92 Å². The van der Waals surface area contributed by atoms with Crippen LogP contribution in [-0.4, -0.2) is 42.0 Å². The average Bonchev–Trinajstić information content (AvgIpc) is 3.08. The SMILES string of the molecule is CC[C@H](C)[C@H](NC[C@H](CSC(c1ccccc1)(c1ccccc1)c1ccccc1)NC(=O)OC(C)(C)C)C(=O)NCc1ccc(C)cc1C. The Kier molecular flexibility index (Phi) is 13.5. The summed E-state index contributed by atoms with van der Waals surface area (Å²) in [6.45, 7) is 14.7. The second kappa shape index (κ2) is 17.5. The number of carbonyl (C=O) groups is 2. The van der Waals surface area contributed by atoms with Crippen LogP contribution in [0.1, 0.15) is 74.4 Å². The fourth-order valence-corrected chi connectivity index (χ4v) is 7.57. The lowest BCUT2D eigenvalue weighted by atomic mass is 9.84. The summed E-state index contributed by atoms with van der Waals surface area (Å²) in [5, 5.41) is 9.88. The molecule has 0 aliphatic rings. The van der Waals surface area contributed by atoms with Crippen molar-refractivity contribution < 1.29 is 14.3 Å². The average molecular weight is 680 g/mol. The van der Waals surface area contributed by atoms with E-state index in [1.807, 2.05) is 39.0 Å². The summed E-state index contributed by atoms with van der Waals surface area (Å²) in [5.74, 6) is 0.568. The predicted octanol–water partition coefficient (Wildman–Crippen LogP) is 8.54. The van der Waals surface area contributed by atoms with E-state index in [-0.39, 0.29) is 17.9 Å². The van der Waals surface area contributed by atoms with Gasteiger partial charge in [-0.1, -0.05) is 135 Å². The molecule has 0 fully saturated rings. The quantitative estimate of drug-likeness (QED) is 0.110. The van der Waals surface area contributed by atoms with E-state index < -0.39 is 22.5 Å². The number of ether oxygens (including phenoxy) is 1. The van der Waals surface area contributed by atoms with E-state index in [1.54, 1.807) is 11.8 Å². The number of alkyl carbamates (subject to hydrolysis) is 1. The largest absolute Gasteiger partial charge is 0.444 e. The van der Waals surface area contributed by atoms with Gasteiger partial charge in [-0.2, -0.15) is 0 Å². The first-order chi connectivity index (χ1) is 23.4. The third kappa shape index (κ3) is 10.5. The Morgan fingerprint density at radius 2 is 1.33 bits per heavy atom. The minimum atomic E-state index is -0.648. The number of rotatable bonds is 15. The lowest BCUT2D eigenvalue weighted by Crippen LogP contribution is -2.53. The van der Waals surface area contributed by atoms with Crippen molar-refractivity contribution in [3.63, 3.8) is 0 Å². The van der Waals surface area contributed by atoms with Gasteiger partial charge in [-0.25, -0.2) is 4.79 Å². The number of carbonyl (C=O) groups excluding carboxylic acids is 2. The maximum Gasteiger partial charge on any atom is 0.407 e. The molecule has 3 N–H and O–H groups in total. The first kappa shape index (κ1) is 37.7. The number of hydrogen-bond acceptors (Lipinski definition) is 5. The van der Waals surface area contributed by atoms with Crippen molar-refractivity contribution >= 4 is 23.8 Å². The number of amides is 2. The molecule has 3 atom stereocenters. The lowest BCUT2D eigenvalue weighted by molar-refractivity contribution is -0.124. The second-order valence-electron chi connectivity index (χ2n) is 13.9. The molecule has 0 aliphatic heterocycles. The van der Waals surface area contributed by atoms with Gasteiger partial charge < -0.3 is 20.7 Å². The molecule has 7 heteroatoms. The van der Waals surface area contributed by atoms with Crippen LogP contribution in [0, 0.1) is 19.8 Å². The molecular weight excluding hydrogens is 627 g/mol. The van der Waals surface area contributed by atoms with E-state index in [1.165, 1.54) is 5.56 Å². The van der Waals surface area contributed by atoms with Crippen LogP contribution >= 0.6 is 11.8 Å². The summed E-state index contributed by atoms with van der Waals surface area (Å²) >= 11 is 1.77. The van der Waals surface area contributed by atoms with E-state index in [0.717, 1.165) is 34.2 Å². The van der Waals surface area contributed by atoms with Crippen LogP contribution < -0.4 is 16.0 Å². The van der Waals surface area contributed by atoms with Crippen molar-refractivity contribution in [2.75, 3.05) is 12.3 Å². The molecule has 0 saturated heterocycles. The highest BCUT2D eigenvalue weighted by Gasteiger charge is 2.38. The van der Waals surface area contributed by atoms with Gasteiger partial charge in [0, 0.05) is 18.8 Å². The van der Waals surface area contributed by atoms with E-state index >= 15 is 0 Å². The fourth-order valence-electron chi connectivity index (χ4n) is 6.01. The second-order valence-corrected chi connectivity index (χ2v) is 15.1. The molecule has 260 valence electrons. The molecule has 4 aromatic rings. The van der Waals surface area contributed by atoms with Crippen molar-refractivity contribution in [3.05, 3.63) is 143 Å². The Hall–Kier alpha value is -4.07. The zero-order valence-corrected chi connectivity index (χ0v) is 30.9. The van der Waals surface area contributed by atoms with E-state index in [0.29, 0.717) is 18.8 Å². The van der Waals surface area contributed by atoms with Gasteiger partial charge in [0.15, 0.2) is 0 Å². The summed E-state index contributed by atoms with van der Waals surface area (Å²) in [6, 6.07) is 37.0. The molecule has 0 bridgehead atoms. The van der Waals surface area contributed by atoms with Crippen molar-refractivity contribution in [3.8, 4) is 0 Å². The zero-order valence-electron chi connectivity index (χ0n) is 30.1. The minimum Gasteiger partial charge on any atom is -0.444 e. The summed E-state index contributed by atoms with van der Waals surface area (Å²) in [5.41, 5.74) is 6.24.